The van der Waals surface area contributed by atoms with Crippen molar-refractivity contribution in [3.63, 3.8) is 0 Å². The van der Waals surface area contributed by atoms with Gasteiger partial charge in [-0.2, -0.15) is 18.3 Å². The molecule has 2 aromatic carbocycles. The zero-order chi connectivity index (χ0) is 20.3. The Hall–Kier alpha value is -3.56. The number of hydrogen-bond acceptors (Lipinski definition) is 5. The van der Waals surface area contributed by atoms with E-state index in [9.17, 15) is 22.8 Å². The summed E-state index contributed by atoms with van der Waals surface area (Å²) in [5, 5.41) is 5.70. The second-order valence-corrected chi connectivity index (χ2v) is 5.74. The van der Waals surface area contributed by atoms with E-state index >= 15 is 0 Å². The number of rotatable bonds is 4. The molecule has 0 unspecified atom stereocenters. The lowest BCUT2D eigenvalue weighted by Gasteiger charge is -2.09. The predicted molar refractivity (Wildman–Crippen MR) is 93.4 cm³/mol. The fourth-order valence-corrected chi connectivity index (χ4v) is 2.33. The van der Waals surface area contributed by atoms with E-state index < -0.39 is 18.0 Å². The number of anilines is 1. The lowest BCUT2D eigenvalue weighted by molar-refractivity contribution is -0.167. The van der Waals surface area contributed by atoms with E-state index in [1.54, 1.807) is 30.4 Å². The molecule has 146 valence electrons. The second kappa shape index (κ2) is 7.59. The molecule has 28 heavy (non-hydrogen) atoms. The Kier molecular flexibility index (Phi) is 5.21. The molecule has 1 aliphatic heterocycles. The van der Waals surface area contributed by atoms with Gasteiger partial charge in [-0.05, 0) is 42.8 Å². The number of carbonyl (C=O) groups is 2. The van der Waals surface area contributed by atoms with E-state index in [1.807, 2.05) is 0 Å². The van der Waals surface area contributed by atoms with Gasteiger partial charge in [0.2, 0.25) is 6.79 Å². The maximum absolute atomic E-state index is 12.3. The molecule has 7 nitrogen and oxygen atoms in total. The van der Waals surface area contributed by atoms with Crippen molar-refractivity contribution in [2.24, 2.45) is 5.10 Å². The van der Waals surface area contributed by atoms with E-state index in [2.05, 4.69) is 10.5 Å². The van der Waals surface area contributed by atoms with Crippen molar-refractivity contribution >= 4 is 23.2 Å². The number of alkyl halides is 3. The van der Waals surface area contributed by atoms with Crippen LogP contribution >= 0.6 is 0 Å². The monoisotopic (exact) mass is 393 g/mol. The molecular weight excluding hydrogens is 379 g/mol. The largest absolute Gasteiger partial charge is 0.471 e. The van der Waals surface area contributed by atoms with Crippen LogP contribution in [-0.4, -0.2) is 30.5 Å². The third-order valence-corrected chi connectivity index (χ3v) is 3.76. The molecule has 0 saturated heterocycles. The van der Waals surface area contributed by atoms with Crippen molar-refractivity contribution < 1.29 is 32.2 Å². The van der Waals surface area contributed by atoms with Crippen molar-refractivity contribution in [1.82, 2.24) is 5.43 Å². The summed E-state index contributed by atoms with van der Waals surface area (Å²) in [5.74, 6) is -1.59. The molecule has 0 saturated carbocycles. The maximum Gasteiger partial charge on any atom is 0.471 e. The zero-order valence-corrected chi connectivity index (χ0v) is 14.5. The van der Waals surface area contributed by atoms with Crippen LogP contribution in [0.1, 0.15) is 22.8 Å². The maximum atomic E-state index is 12.3. The molecule has 0 spiro atoms. The van der Waals surface area contributed by atoms with Crippen molar-refractivity contribution in [2.45, 2.75) is 13.1 Å². The van der Waals surface area contributed by atoms with Crippen LogP contribution in [0.3, 0.4) is 0 Å². The minimum absolute atomic E-state index is 0.0449. The summed E-state index contributed by atoms with van der Waals surface area (Å²) >= 11 is 0. The van der Waals surface area contributed by atoms with E-state index in [0.29, 0.717) is 28.3 Å². The summed E-state index contributed by atoms with van der Waals surface area (Å²) < 4.78 is 47.4. The quantitative estimate of drug-likeness (QED) is 0.617. The first-order valence-electron chi connectivity index (χ1n) is 7.97. The number of carbonyl (C=O) groups excluding carboxylic acids is 2. The molecule has 1 aliphatic rings. The molecule has 0 aromatic heterocycles. The highest BCUT2D eigenvalue weighted by molar-refractivity contribution is 6.02. The van der Waals surface area contributed by atoms with Crippen LogP contribution in [-0.2, 0) is 4.79 Å². The van der Waals surface area contributed by atoms with Gasteiger partial charge >= 0.3 is 12.1 Å². The SMILES string of the molecule is C/C(=N\NC(=O)c1ccc2c(c1)OCO2)c1cccc(NC(=O)C(F)(F)F)c1. The topological polar surface area (TPSA) is 89.0 Å². The number of halogens is 3. The van der Waals surface area contributed by atoms with Crippen LogP contribution in [0.4, 0.5) is 18.9 Å². The zero-order valence-electron chi connectivity index (χ0n) is 14.5. The number of fused-ring (bicyclic) bond motifs is 1. The van der Waals surface area contributed by atoms with Gasteiger partial charge in [-0.1, -0.05) is 12.1 Å². The number of nitrogens with one attached hydrogen (secondary N) is 2. The van der Waals surface area contributed by atoms with Gasteiger partial charge in [0.25, 0.3) is 5.91 Å². The molecule has 3 rings (SSSR count). The van der Waals surface area contributed by atoms with Gasteiger partial charge in [-0.3, -0.25) is 9.59 Å². The number of nitrogens with zero attached hydrogens (tertiary/aromatic N) is 1. The Bertz CT molecular complexity index is 957. The molecule has 0 fully saturated rings. The first-order valence-corrected chi connectivity index (χ1v) is 7.97. The number of benzene rings is 2. The Morgan fingerprint density at radius 2 is 1.79 bits per heavy atom. The summed E-state index contributed by atoms with van der Waals surface area (Å²) in [5.41, 5.74) is 3.36. The van der Waals surface area contributed by atoms with Crippen LogP contribution < -0.4 is 20.2 Å². The number of amides is 2. The Balaban J connectivity index is 1.69. The molecule has 0 aliphatic carbocycles. The third kappa shape index (κ3) is 4.40. The highest BCUT2D eigenvalue weighted by Crippen LogP contribution is 2.32. The van der Waals surface area contributed by atoms with E-state index in [1.165, 1.54) is 24.3 Å². The average Bonchev–Trinajstić information content (AvgIpc) is 3.13. The van der Waals surface area contributed by atoms with Crippen LogP contribution in [0.5, 0.6) is 11.5 Å². The van der Waals surface area contributed by atoms with Crippen molar-refractivity contribution in [2.75, 3.05) is 12.1 Å². The molecule has 0 bridgehead atoms. The molecule has 0 atom stereocenters. The molecule has 2 N–H and O–H groups in total. The summed E-state index contributed by atoms with van der Waals surface area (Å²) in [6.07, 6.45) is -4.99. The molecular formula is C18H14F3N3O4. The van der Waals surface area contributed by atoms with Gasteiger partial charge in [-0.15, -0.1) is 0 Å². The highest BCUT2D eigenvalue weighted by Gasteiger charge is 2.38. The molecule has 0 radical (unpaired) electrons. The highest BCUT2D eigenvalue weighted by atomic mass is 19.4. The fraction of sp³-hybridized carbons (Fsp3) is 0.167. The van der Waals surface area contributed by atoms with Crippen LogP contribution in [0.2, 0.25) is 0 Å². The van der Waals surface area contributed by atoms with Gasteiger partial charge in [0.15, 0.2) is 11.5 Å². The summed E-state index contributed by atoms with van der Waals surface area (Å²) in [4.78, 5) is 23.2. The Morgan fingerprint density at radius 3 is 2.54 bits per heavy atom. The Labute approximate surface area is 157 Å². The van der Waals surface area contributed by atoms with Crippen molar-refractivity contribution in [3.8, 4) is 11.5 Å². The van der Waals surface area contributed by atoms with Crippen molar-refractivity contribution in [1.29, 1.82) is 0 Å². The predicted octanol–water partition coefficient (Wildman–Crippen LogP) is 3.07. The van der Waals surface area contributed by atoms with Crippen LogP contribution in [0, 0.1) is 0 Å². The van der Waals surface area contributed by atoms with Gasteiger partial charge in [0.1, 0.15) is 0 Å². The van der Waals surface area contributed by atoms with Gasteiger partial charge in [0, 0.05) is 11.3 Å². The second-order valence-electron chi connectivity index (χ2n) is 5.74. The van der Waals surface area contributed by atoms with Gasteiger partial charge in [-0.25, -0.2) is 5.43 Å². The first kappa shape index (κ1) is 19.2. The molecule has 1 heterocycles. The number of hydrogen-bond donors (Lipinski definition) is 2. The van der Waals surface area contributed by atoms with Gasteiger partial charge in [0.05, 0.1) is 5.71 Å². The average molecular weight is 393 g/mol. The van der Waals surface area contributed by atoms with E-state index in [-0.39, 0.29) is 12.5 Å². The Morgan fingerprint density at radius 1 is 1.04 bits per heavy atom. The lowest BCUT2D eigenvalue weighted by Crippen LogP contribution is -2.29. The van der Waals surface area contributed by atoms with Crippen LogP contribution in [0.15, 0.2) is 47.6 Å². The summed E-state index contributed by atoms with van der Waals surface area (Å²) in [6, 6.07) is 10.3. The number of ether oxygens (including phenoxy) is 2. The minimum Gasteiger partial charge on any atom is -0.454 e. The summed E-state index contributed by atoms with van der Waals surface area (Å²) in [6.45, 7) is 1.64. The first-order chi connectivity index (χ1) is 13.2. The standard InChI is InChI=1S/C18H14F3N3O4/c1-10(11-3-2-4-13(7-11)22-17(26)18(19,20)21)23-24-16(25)12-5-6-14-15(8-12)28-9-27-14/h2-8H,9H2,1H3,(H,22,26)(H,24,25)/b23-10+. The number of hydrazone groups is 1. The molecule has 2 aromatic rings. The van der Waals surface area contributed by atoms with Crippen LogP contribution in [0.25, 0.3) is 0 Å². The van der Waals surface area contributed by atoms with Gasteiger partial charge < -0.3 is 14.8 Å². The van der Waals surface area contributed by atoms with E-state index in [4.69, 9.17) is 9.47 Å². The van der Waals surface area contributed by atoms with Crippen molar-refractivity contribution in [3.05, 3.63) is 53.6 Å². The lowest BCUT2D eigenvalue weighted by atomic mass is 10.1. The minimum atomic E-state index is -4.99. The smallest absolute Gasteiger partial charge is 0.454 e. The normalized spacial score (nSPS) is 13.2. The third-order valence-electron chi connectivity index (χ3n) is 3.76. The summed E-state index contributed by atoms with van der Waals surface area (Å²) in [7, 11) is 0. The van der Waals surface area contributed by atoms with E-state index in [0.717, 1.165) is 0 Å². The molecule has 2 amide bonds. The molecule has 10 heteroatoms. The fourth-order valence-electron chi connectivity index (χ4n) is 2.33.